The molecule has 21 heavy (non-hydrogen) atoms. The van der Waals surface area contributed by atoms with E-state index in [4.69, 9.17) is 0 Å². The van der Waals surface area contributed by atoms with Gasteiger partial charge in [0.05, 0.1) is 7.05 Å². The Morgan fingerprint density at radius 1 is 1.19 bits per heavy atom. The number of aromatic nitrogens is 4. The van der Waals surface area contributed by atoms with Crippen LogP contribution >= 0.6 is 0 Å². The summed E-state index contributed by atoms with van der Waals surface area (Å²) in [4.78, 5) is 1.58. The van der Waals surface area contributed by atoms with Gasteiger partial charge in [0.15, 0.2) is 5.82 Å². The van der Waals surface area contributed by atoms with E-state index in [2.05, 4.69) is 34.6 Å². The first kappa shape index (κ1) is 16.4. The van der Waals surface area contributed by atoms with E-state index in [0.29, 0.717) is 5.92 Å². The first-order chi connectivity index (χ1) is 10.2. The zero-order valence-corrected chi connectivity index (χ0v) is 13.9. The zero-order chi connectivity index (χ0) is 15.1. The van der Waals surface area contributed by atoms with Gasteiger partial charge in [-0.1, -0.05) is 33.1 Å². The SMILES string of the molecule is CCCNCC1CCC(CCC)CC1Cc1nnn(C)n1. The summed E-state index contributed by atoms with van der Waals surface area (Å²) >= 11 is 0. The van der Waals surface area contributed by atoms with Gasteiger partial charge in [-0.05, 0) is 55.3 Å². The molecule has 0 amide bonds. The summed E-state index contributed by atoms with van der Waals surface area (Å²) in [6.07, 6.45) is 8.97. The minimum absolute atomic E-state index is 0.712. The average Bonchev–Trinajstić information content (AvgIpc) is 2.87. The van der Waals surface area contributed by atoms with Crippen molar-refractivity contribution < 1.29 is 0 Å². The fourth-order valence-corrected chi connectivity index (χ4v) is 3.72. The van der Waals surface area contributed by atoms with Crippen molar-refractivity contribution in [3.05, 3.63) is 5.82 Å². The Bertz CT molecular complexity index is 403. The van der Waals surface area contributed by atoms with Gasteiger partial charge in [-0.2, -0.15) is 4.80 Å². The van der Waals surface area contributed by atoms with Crippen LogP contribution in [0.4, 0.5) is 0 Å². The molecule has 1 aromatic heterocycles. The van der Waals surface area contributed by atoms with Crippen molar-refractivity contribution in [3.63, 3.8) is 0 Å². The molecule has 0 aromatic carbocycles. The Morgan fingerprint density at radius 2 is 2.05 bits per heavy atom. The predicted molar refractivity (Wildman–Crippen MR) is 84.9 cm³/mol. The molecule has 5 heteroatoms. The predicted octanol–water partition coefficient (Wildman–Crippen LogP) is 2.58. The molecule has 3 unspecified atom stereocenters. The van der Waals surface area contributed by atoms with Crippen LogP contribution in [0.5, 0.6) is 0 Å². The lowest BCUT2D eigenvalue weighted by Gasteiger charge is -2.36. The minimum atomic E-state index is 0.712. The van der Waals surface area contributed by atoms with E-state index in [1.807, 2.05) is 7.05 Å². The fourth-order valence-electron chi connectivity index (χ4n) is 3.72. The van der Waals surface area contributed by atoms with Gasteiger partial charge in [0.1, 0.15) is 0 Å². The standard InChI is InChI=1S/C16H31N5/c1-4-6-13-7-8-14(12-17-9-5-2)15(10-13)11-16-18-20-21(3)19-16/h13-15,17H,4-12H2,1-3H3. The average molecular weight is 293 g/mol. The second kappa shape index (κ2) is 8.47. The number of hydrogen-bond acceptors (Lipinski definition) is 4. The van der Waals surface area contributed by atoms with Crippen molar-refractivity contribution in [2.24, 2.45) is 24.8 Å². The van der Waals surface area contributed by atoms with Crippen molar-refractivity contribution in [1.29, 1.82) is 0 Å². The normalized spacial score (nSPS) is 26.1. The van der Waals surface area contributed by atoms with Crippen LogP contribution < -0.4 is 5.32 Å². The Morgan fingerprint density at radius 3 is 2.71 bits per heavy atom. The highest BCUT2D eigenvalue weighted by Crippen LogP contribution is 2.37. The third-order valence-electron chi connectivity index (χ3n) is 4.77. The van der Waals surface area contributed by atoms with Gasteiger partial charge in [-0.15, -0.1) is 10.2 Å². The highest BCUT2D eigenvalue weighted by molar-refractivity contribution is 4.89. The molecule has 0 bridgehead atoms. The second-order valence-electron chi connectivity index (χ2n) is 6.59. The number of nitrogens with zero attached hydrogens (tertiary/aromatic N) is 4. The summed E-state index contributed by atoms with van der Waals surface area (Å²) in [5.41, 5.74) is 0. The van der Waals surface area contributed by atoms with Crippen LogP contribution in [0.15, 0.2) is 0 Å². The molecule has 0 saturated heterocycles. The molecule has 1 N–H and O–H groups in total. The lowest BCUT2D eigenvalue weighted by Crippen LogP contribution is -2.34. The van der Waals surface area contributed by atoms with Crippen LogP contribution in [0.25, 0.3) is 0 Å². The highest BCUT2D eigenvalue weighted by Gasteiger charge is 2.30. The van der Waals surface area contributed by atoms with Crippen LogP contribution in [0.1, 0.15) is 58.2 Å². The number of rotatable bonds is 8. The molecular weight excluding hydrogens is 262 g/mol. The summed E-state index contributed by atoms with van der Waals surface area (Å²) in [6.45, 7) is 6.81. The van der Waals surface area contributed by atoms with Crippen molar-refractivity contribution >= 4 is 0 Å². The number of nitrogens with one attached hydrogen (secondary N) is 1. The molecule has 1 aliphatic carbocycles. The van der Waals surface area contributed by atoms with E-state index in [9.17, 15) is 0 Å². The quantitative estimate of drug-likeness (QED) is 0.749. The van der Waals surface area contributed by atoms with E-state index >= 15 is 0 Å². The Hall–Kier alpha value is -0.970. The molecule has 1 heterocycles. The lowest BCUT2D eigenvalue weighted by molar-refractivity contribution is 0.165. The third kappa shape index (κ3) is 5.06. The lowest BCUT2D eigenvalue weighted by atomic mass is 9.71. The van der Waals surface area contributed by atoms with Crippen LogP contribution in [0, 0.1) is 17.8 Å². The van der Waals surface area contributed by atoms with E-state index in [0.717, 1.165) is 37.2 Å². The molecule has 3 atom stereocenters. The number of tetrazole rings is 1. The van der Waals surface area contributed by atoms with Crippen molar-refractivity contribution in [2.45, 2.75) is 58.8 Å². The van der Waals surface area contributed by atoms with E-state index < -0.39 is 0 Å². The third-order valence-corrected chi connectivity index (χ3v) is 4.77. The molecule has 0 aliphatic heterocycles. The van der Waals surface area contributed by atoms with Gasteiger partial charge in [0, 0.05) is 6.42 Å². The van der Waals surface area contributed by atoms with Gasteiger partial charge in [0.25, 0.3) is 0 Å². The Balaban J connectivity index is 1.94. The Labute approximate surface area is 128 Å². The van der Waals surface area contributed by atoms with E-state index in [1.165, 1.54) is 38.5 Å². The molecule has 1 aromatic rings. The molecule has 1 fully saturated rings. The molecule has 2 rings (SSSR count). The molecule has 0 spiro atoms. The largest absolute Gasteiger partial charge is 0.316 e. The van der Waals surface area contributed by atoms with E-state index in [-0.39, 0.29) is 0 Å². The van der Waals surface area contributed by atoms with Crippen molar-refractivity contribution in [2.75, 3.05) is 13.1 Å². The summed E-state index contributed by atoms with van der Waals surface area (Å²) in [5, 5.41) is 16.2. The fraction of sp³-hybridized carbons (Fsp3) is 0.938. The molecule has 120 valence electrons. The minimum Gasteiger partial charge on any atom is -0.316 e. The molecule has 1 aliphatic rings. The summed E-state index contributed by atoms with van der Waals surface area (Å²) < 4.78 is 0. The van der Waals surface area contributed by atoms with Crippen molar-refractivity contribution in [1.82, 2.24) is 25.5 Å². The van der Waals surface area contributed by atoms with Crippen LogP contribution in [-0.2, 0) is 13.5 Å². The zero-order valence-electron chi connectivity index (χ0n) is 13.9. The topological polar surface area (TPSA) is 55.6 Å². The molecule has 1 saturated carbocycles. The van der Waals surface area contributed by atoms with Crippen LogP contribution in [0.3, 0.4) is 0 Å². The van der Waals surface area contributed by atoms with Gasteiger partial charge >= 0.3 is 0 Å². The maximum absolute atomic E-state index is 4.38. The second-order valence-corrected chi connectivity index (χ2v) is 6.59. The van der Waals surface area contributed by atoms with Crippen LogP contribution in [0.2, 0.25) is 0 Å². The van der Waals surface area contributed by atoms with Crippen molar-refractivity contribution in [3.8, 4) is 0 Å². The summed E-state index contributed by atoms with van der Waals surface area (Å²) in [7, 11) is 1.84. The van der Waals surface area contributed by atoms with Gasteiger partial charge in [-0.25, -0.2) is 0 Å². The number of hydrogen-bond donors (Lipinski definition) is 1. The van der Waals surface area contributed by atoms with Gasteiger partial charge in [-0.3, -0.25) is 0 Å². The first-order valence-corrected chi connectivity index (χ1v) is 8.66. The highest BCUT2D eigenvalue weighted by atomic mass is 15.6. The maximum atomic E-state index is 4.38. The molecule has 0 radical (unpaired) electrons. The van der Waals surface area contributed by atoms with Crippen LogP contribution in [-0.4, -0.2) is 33.3 Å². The monoisotopic (exact) mass is 293 g/mol. The maximum Gasteiger partial charge on any atom is 0.175 e. The molecular formula is C16H31N5. The Kier molecular flexibility index (Phi) is 6.61. The molecule has 5 nitrogen and oxygen atoms in total. The first-order valence-electron chi connectivity index (χ1n) is 8.66. The van der Waals surface area contributed by atoms with E-state index in [1.54, 1.807) is 4.80 Å². The van der Waals surface area contributed by atoms with Gasteiger partial charge in [0.2, 0.25) is 0 Å². The number of aryl methyl sites for hydroxylation is 1. The summed E-state index contributed by atoms with van der Waals surface area (Å²) in [5.74, 6) is 3.30. The smallest absolute Gasteiger partial charge is 0.175 e. The van der Waals surface area contributed by atoms with Gasteiger partial charge < -0.3 is 5.32 Å². The summed E-state index contributed by atoms with van der Waals surface area (Å²) in [6, 6.07) is 0.